The minimum atomic E-state index is -0.166. The average Bonchev–Trinajstić information content (AvgIpc) is 2.67. The fourth-order valence-corrected chi connectivity index (χ4v) is 3.60. The highest BCUT2D eigenvalue weighted by Crippen LogP contribution is 2.32. The highest BCUT2D eigenvalue weighted by atomic mass is 35.5. The van der Waals surface area contributed by atoms with Crippen molar-refractivity contribution in [3.63, 3.8) is 0 Å². The van der Waals surface area contributed by atoms with E-state index in [1.807, 2.05) is 30.3 Å². The molecule has 5 heteroatoms. The third kappa shape index (κ3) is 4.60. The Labute approximate surface area is 176 Å². The lowest BCUT2D eigenvalue weighted by Gasteiger charge is -2.34. The van der Waals surface area contributed by atoms with Crippen molar-refractivity contribution in [1.82, 2.24) is 4.98 Å². The topological polar surface area (TPSA) is 45.2 Å². The van der Waals surface area contributed by atoms with Crippen LogP contribution < -0.4 is 10.2 Å². The molecule has 0 atom stereocenters. The molecule has 1 amide bonds. The number of hydrogen-bond donors (Lipinski definition) is 1. The zero-order chi connectivity index (χ0) is 20.2. The number of benzene rings is 2. The van der Waals surface area contributed by atoms with Gasteiger partial charge in [-0.3, -0.25) is 9.78 Å². The lowest BCUT2D eigenvalue weighted by atomic mass is 10.1. The Morgan fingerprint density at radius 2 is 1.97 bits per heavy atom. The highest BCUT2D eigenvalue weighted by molar-refractivity contribution is 6.30. The number of carbonyl (C=O) groups is 1. The van der Waals surface area contributed by atoms with Gasteiger partial charge in [0.2, 0.25) is 5.91 Å². The molecule has 0 spiro atoms. The summed E-state index contributed by atoms with van der Waals surface area (Å²) in [5.41, 5.74) is 5.03. The quantitative estimate of drug-likeness (QED) is 0.535. The van der Waals surface area contributed by atoms with Gasteiger partial charge in [-0.05, 0) is 60.9 Å². The smallest absolute Gasteiger partial charge is 0.248 e. The Bertz CT molecular complexity index is 1060. The molecule has 4 rings (SSSR count). The van der Waals surface area contributed by atoms with Gasteiger partial charge in [0.1, 0.15) is 0 Å². The van der Waals surface area contributed by atoms with Crippen LogP contribution in [0, 0.1) is 0 Å². The number of rotatable bonds is 6. The highest BCUT2D eigenvalue weighted by Gasteiger charge is 2.18. The van der Waals surface area contributed by atoms with Crippen molar-refractivity contribution >= 4 is 45.9 Å². The number of carbonyl (C=O) groups excluding carboxylic acids is 1. The van der Waals surface area contributed by atoms with Gasteiger partial charge in [-0.2, -0.15) is 0 Å². The minimum Gasteiger partial charge on any atom is -0.371 e. The summed E-state index contributed by atoms with van der Waals surface area (Å²) in [6.45, 7) is 4.32. The molecule has 29 heavy (non-hydrogen) atoms. The third-order valence-electron chi connectivity index (χ3n) is 5.11. The second-order valence-electron chi connectivity index (χ2n) is 7.33. The molecule has 1 aliphatic heterocycles. The van der Waals surface area contributed by atoms with E-state index < -0.39 is 0 Å². The third-order valence-corrected chi connectivity index (χ3v) is 5.36. The maximum absolute atomic E-state index is 12.4. The van der Waals surface area contributed by atoms with Crippen molar-refractivity contribution < 1.29 is 4.79 Å². The maximum Gasteiger partial charge on any atom is 0.248 e. The first-order chi connectivity index (χ1) is 14.1. The molecule has 0 radical (unpaired) electrons. The Morgan fingerprint density at radius 1 is 1.17 bits per heavy atom. The molecule has 1 saturated heterocycles. The van der Waals surface area contributed by atoms with Crippen LogP contribution in [0.4, 0.5) is 11.4 Å². The van der Waals surface area contributed by atoms with Crippen LogP contribution in [0.5, 0.6) is 0 Å². The Hall–Kier alpha value is -2.85. The van der Waals surface area contributed by atoms with Gasteiger partial charge in [-0.15, -0.1) is 0 Å². The molecule has 1 aromatic heterocycles. The lowest BCUT2D eigenvalue weighted by Crippen LogP contribution is -2.37. The van der Waals surface area contributed by atoms with Crippen LogP contribution in [0.15, 0.2) is 54.6 Å². The molecule has 148 valence electrons. The lowest BCUT2D eigenvalue weighted by molar-refractivity contribution is -0.111. The SMILES string of the molecule is CCCc1cc(N2CCC2)c2cc(NC(=O)C=Cc3ccc(Cl)cc3)ccc2n1. The summed E-state index contributed by atoms with van der Waals surface area (Å²) in [5, 5.41) is 4.72. The number of aryl methyl sites for hydroxylation is 1. The van der Waals surface area contributed by atoms with Crippen molar-refractivity contribution in [3.05, 3.63) is 70.9 Å². The predicted molar refractivity (Wildman–Crippen MR) is 122 cm³/mol. The van der Waals surface area contributed by atoms with E-state index in [-0.39, 0.29) is 5.91 Å². The number of aromatic nitrogens is 1. The van der Waals surface area contributed by atoms with Crippen LogP contribution >= 0.6 is 11.6 Å². The molecule has 1 aliphatic rings. The molecule has 2 aromatic carbocycles. The number of fused-ring (bicyclic) bond motifs is 1. The fraction of sp³-hybridized carbons (Fsp3) is 0.250. The standard InChI is InChI=1S/C24H24ClN3O/c1-2-4-19-16-23(28-13-3-14-28)21-15-20(10-11-22(21)26-19)27-24(29)12-7-17-5-8-18(25)9-6-17/h5-12,15-16H,2-4,13-14H2,1H3,(H,27,29). The molecular weight excluding hydrogens is 382 g/mol. The first-order valence-corrected chi connectivity index (χ1v) is 10.4. The van der Waals surface area contributed by atoms with Crippen molar-refractivity contribution in [2.24, 2.45) is 0 Å². The number of halogens is 1. The molecule has 0 bridgehead atoms. The van der Waals surface area contributed by atoms with E-state index >= 15 is 0 Å². The molecule has 0 aliphatic carbocycles. The molecule has 3 aromatic rings. The van der Waals surface area contributed by atoms with Gasteiger partial charge in [0.05, 0.1) is 5.52 Å². The molecule has 1 fully saturated rings. The first kappa shape index (κ1) is 19.5. The van der Waals surface area contributed by atoms with Crippen LogP contribution in [0.3, 0.4) is 0 Å². The van der Waals surface area contributed by atoms with Crippen molar-refractivity contribution in [2.75, 3.05) is 23.3 Å². The van der Waals surface area contributed by atoms with E-state index in [1.165, 1.54) is 18.2 Å². The van der Waals surface area contributed by atoms with Crippen molar-refractivity contribution in [1.29, 1.82) is 0 Å². The van der Waals surface area contributed by atoms with Crippen molar-refractivity contribution in [3.8, 4) is 0 Å². The molecule has 0 unspecified atom stereocenters. The van der Waals surface area contributed by atoms with Crippen LogP contribution in [-0.2, 0) is 11.2 Å². The largest absolute Gasteiger partial charge is 0.371 e. The first-order valence-electron chi connectivity index (χ1n) is 10.1. The van der Waals surface area contributed by atoms with Gasteiger partial charge in [0.15, 0.2) is 0 Å². The maximum atomic E-state index is 12.4. The van der Waals surface area contributed by atoms with Crippen LogP contribution in [-0.4, -0.2) is 24.0 Å². The van der Waals surface area contributed by atoms with Gasteiger partial charge >= 0.3 is 0 Å². The van der Waals surface area contributed by atoms with Crippen LogP contribution in [0.2, 0.25) is 5.02 Å². The summed E-state index contributed by atoms with van der Waals surface area (Å²) < 4.78 is 0. The molecule has 0 saturated carbocycles. The fourth-order valence-electron chi connectivity index (χ4n) is 3.47. The van der Waals surface area contributed by atoms with Crippen molar-refractivity contribution in [2.45, 2.75) is 26.2 Å². The number of hydrogen-bond acceptors (Lipinski definition) is 3. The number of nitrogens with one attached hydrogen (secondary N) is 1. The van der Waals surface area contributed by atoms with Crippen LogP contribution in [0.25, 0.3) is 17.0 Å². The van der Waals surface area contributed by atoms with E-state index in [0.29, 0.717) is 5.02 Å². The summed E-state index contributed by atoms with van der Waals surface area (Å²) in [5.74, 6) is -0.166. The summed E-state index contributed by atoms with van der Waals surface area (Å²) in [7, 11) is 0. The van der Waals surface area contributed by atoms with E-state index in [9.17, 15) is 4.79 Å². The molecule has 2 heterocycles. The Balaban J connectivity index is 1.56. The summed E-state index contributed by atoms with van der Waals surface area (Å²) in [6.07, 6.45) is 6.58. The molecule has 4 nitrogen and oxygen atoms in total. The monoisotopic (exact) mass is 405 g/mol. The van der Waals surface area contributed by atoms with Gasteiger partial charge in [0.25, 0.3) is 0 Å². The average molecular weight is 406 g/mol. The normalized spacial score (nSPS) is 13.7. The summed E-state index contributed by atoms with van der Waals surface area (Å²) >= 11 is 5.89. The zero-order valence-corrected chi connectivity index (χ0v) is 17.2. The Morgan fingerprint density at radius 3 is 2.66 bits per heavy atom. The van der Waals surface area contributed by atoms with Gasteiger partial charge in [-0.1, -0.05) is 37.1 Å². The van der Waals surface area contributed by atoms with E-state index in [4.69, 9.17) is 16.6 Å². The van der Waals surface area contributed by atoms with Gasteiger partial charge in [-0.25, -0.2) is 0 Å². The van der Waals surface area contributed by atoms with E-state index in [0.717, 1.165) is 53.8 Å². The zero-order valence-electron chi connectivity index (χ0n) is 16.5. The number of amides is 1. The summed E-state index contributed by atoms with van der Waals surface area (Å²) in [4.78, 5) is 19.6. The summed E-state index contributed by atoms with van der Waals surface area (Å²) in [6, 6.07) is 15.5. The van der Waals surface area contributed by atoms with E-state index in [1.54, 1.807) is 18.2 Å². The van der Waals surface area contributed by atoms with Gasteiger partial charge in [0, 0.05) is 46.6 Å². The van der Waals surface area contributed by atoms with Crippen LogP contribution in [0.1, 0.15) is 31.0 Å². The molecular formula is C24H24ClN3O. The predicted octanol–water partition coefficient (Wildman–Crippen LogP) is 5.70. The second kappa shape index (κ2) is 8.66. The Kier molecular flexibility index (Phi) is 5.81. The van der Waals surface area contributed by atoms with E-state index in [2.05, 4.69) is 23.2 Å². The van der Waals surface area contributed by atoms with Gasteiger partial charge < -0.3 is 10.2 Å². The number of nitrogens with zero attached hydrogens (tertiary/aromatic N) is 2. The second-order valence-corrected chi connectivity index (χ2v) is 7.77. The minimum absolute atomic E-state index is 0.166. The molecule has 1 N–H and O–H groups in total. The number of anilines is 2. The number of pyridine rings is 1.